The second-order valence-electron chi connectivity index (χ2n) is 9.21. The lowest BCUT2D eigenvalue weighted by molar-refractivity contribution is -0.143. The number of rotatable bonds is 5. The molecular formula is C26H29N3O5. The van der Waals surface area contributed by atoms with Crippen LogP contribution in [-0.2, 0) is 9.59 Å². The van der Waals surface area contributed by atoms with E-state index in [0.29, 0.717) is 18.4 Å². The summed E-state index contributed by atoms with van der Waals surface area (Å²) in [5, 5.41) is 39.2. The molecule has 1 amide bonds. The van der Waals surface area contributed by atoms with E-state index in [1.165, 1.54) is 4.90 Å². The summed E-state index contributed by atoms with van der Waals surface area (Å²) < 4.78 is 0. The van der Waals surface area contributed by atoms with Gasteiger partial charge in [-0.3, -0.25) is 9.59 Å². The molecule has 0 bridgehead atoms. The number of phenolic OH excluding ortho intramolecular Hbond substituents is 1. The van der Waals surface area contributed by atoms with E-state index < -0.39 is 23.8 Å². The number of amides is 1. The Labute approximate surface area is 198 Å². The van der Waals surface area contributed by atoms with Gasteiger partial charge in [-0.1, -0.05) is 36.8 Å². The van der Waals surface area contributed by atoms with Crippen LogP contribution in [0.15, 0.2) is 58.1 Å². The van der Waals surface area contributed by atoms with E-state index >= 15 is 0 Å². The molecule has 1 aliphatic heterocycles. The van der Waals surface area contributed by atoms with Gasteiger partial charge in [0.1, 0.15) is 17.5 Å². The highest BCUT2D eigenvalue weighted by Gasteiger charge is 2.39. The van der Waals surface area contributed by atoms with E-state index in [9.17, 15) is 24.9 Å². The first-order chi connectivity index (χ1) is 16.2. The zero-order chi connectivity index (χ0) is 24.6. The number of hydrogen-bond acceptors (Lipinski definition) is 6. The monoisotopic (exact) mass is 463 g/mol. The van der Waals surface area contributed by atoms with Gasteiger partial charge < -0.3 is 20.2 Å². The topological polar surface area (TPSA) is 123 Å². The van der Waals surface area contributed by atoms with Gasteiger partial charge in [0, 0.05) is 7.05 Å². The molecule has 1 aliphatic carbocycles. The number of carbonyl (C=O) groups excluding carboxylic acids is 1. The Bertz CT molecular complexity index is 1200. The van der Waals surface area contributed by atoms with Gasteiger partial charge in [-0.2, -0.15) is 0 Å². The van der Waals surface area contributed by atoms with Crippen molar-refractivity contribution < 1.29 is 24.9 Å². The Hall–Kier alpha value is -3.68. The Morgan fingerprint density at radius 1 is 1.06 bits per heavy atom. The Morgan fingerprint density at radius 2 is 1.82 bits per heavy atom. The Kier molecular flexibility index (Phi) is 6.41. The zero-order valence-corrected chi connectivity index (χ0v) is 19.5. The predicted molar refractivity (Wildman–Crippen MR) is 126 cm³/mol. The van der Waals surface area contributed by atoms with Crippen molar-refractivity contribution in [2.24, 2.45) is 16.1 Å². The van der Waals surface area contributed by atoms with Gasteiger partial charge in [-0.15, -0.1) is 10.2 Å². The summed E-state index contributed by atoms with van der Waals surface area (Å²) >= 11 is 0. The molecule has 1 heterocycles. The van der Waals surface area contributed by atoms with Crippen molar-refractivity contribution in [3.05, 3.63) is 70.1 Å². The summed E-state index contributed by atoms with van der Waals surface area (Å²) in [6.45, 7) is 3.96. The molecule has 0 aromatic heterocycles. The summed E-state index contributed by atoms with van der Waals surface area (Å²) in [7, 11) is 1.60. The molecule has 4 rings (SSSR count). The number of aryl methyl sites for hydroxylation is 2. The highest BCUT2D eigenvalue weighted by molar-refractivity contribution is 5.96. The lowest BCUT2D eigenvalue weighted by Crippen LogP contribution is -2.25. The number of carboxylic acids is 1. The fraction of sp³-hybridized carbons (Fsp3) is 0.385. The highest BCUT2D eigenvalue weighted by Crippen LogP contribution is 2.43. The van der Waals surface area contributed by atoms with Gasteiger partial charge in [0.15, 0.2) is 11.5 Å². The molecule has 1 fully saturated rings. The van der Waals surface area contributed by atoms with Crippen LogP contribution < -0.4 is 0 Å². The van der Waals surface area contributed by atoms with E-state index in [1.807, 2.05) is 32.0 Å². The molecule has 8 nitrogen and oxygen atoms in total. The zero-order valence-electron chi connectivity index (χ0n) is 19.5. The van der Waals surface area contributed by atoms with Crippen LogP contribution in [0.5, 0.6) is 5.75 Å². The molecule has 3 atom stereocenters. The Balaban J connectivity index is 1.62. The van der Waals surface area contributed by atoms with Crippen LogP contribution in [0.25, 0.3) is 0 Å². The van der Waals surface area contributed by atoms with Crippen LogP contribution in [0.2, 0.25) is 0 Å². The molecular weight excluding hydrogens is 434 g/mol. The number of aliphatic carboxylic acids is 1. The first-order valence-electron chi connectivity index (χ1n) is 11.4. The minimum absolute atomic E-state index is 0.0770. The van der Waals surface area contributed by atoms with Gasteiger partial charge >= 0.3 is 5.97 Å². The lowest BCUT2D eigenvalue weighted by Gasteiger charge is -2.27. The smallest absolute Gasteiger partial charge is 0.306 e. The number of phenols is 1. The average Bonchev–Trinajstić information content (AvgIpc) is 3.03. The van der Waals surface area contributed by atoms with Crippen molar-refractivity contribution in [2.45, 2.75) is 51.5 Å². The third-order valence-electron chi connectivity index (χ3n) is 7.03. The number of para-hydroxylation sites is 1. The van der Waals surface area contributed by atoms with Crippen molar-refractivity contribution in [1.82, 2.24) is 4.90 Å². The molecule has 0 saturated heterocycles. The minimum Gasteiger partial charge on any atom is -0.507 e. The van der Waals surface area contributed by atoms with Crippen LogP contribution in [-0.4, -0.2) is 39.1 Å². The summed E-state index contributed by atoms with van der Waals surface area (Å²) in [4.78, 5) is 25.6. The van der Waals surface area contributed by atoms with Crippen molar-refractivity contribution in [2.75, 3.05) is 7.05 Å². The van der Waals surface area contributed by atoms with Gasteiger partial charge in [-0.25, -0.2) is 0 Å². The number of azo groups is 1. The third kappa shape index (κ3) is 4.27. The molecule has 2 aromatic carbocycles. The number of aliphatic hydroxyl groups is 1. The fourth-order valence-corrected chi connectivity index (χ4v) is 4.88. The number of aliphatic hydroxyl groups excluding tert-OH is 1. The molecule has 8 heteroatoms. The lowest BCUT2D eigenvalue weighted by atomic mass is 9.77. The van der Waals surface area contributed by atoms with E-state index in [2.05, 4.69) is 10.2 Å². The molecule has 34 heavy (non-hydrogen) atoms. The van der Waals surface area contributed by atoms with Crippen LogP contribution in [0.4, 0.5) is 5.69 Å². The van der Waals surface area contributed by atoms with Crippen molar-refractivity contribution >= 4 is 17.6 Å². The molecule has 2 aromatic rings. The quantitative estimate of drug-likeness (QED) is 0.510. The van der Waals surface area contributed by atoms with Crippen LogP contribution in [0.3, 0.4) is 0 Å². The fourth-order valence-electron chi connectivity index (χ4n) is 4.88. The number of nitrogens with zero attached hydrogens (tertiary/aromatic N) is 3. The molecule has 3 unspecified atom stereocenters. The SMILES string of the molecule is Cc1ccc(C2C(O)=C(N=Nc3cccc(C4CCCC(C(=O)O)C4)c3O)C(=O)N2C)cc1C. The van der Waals surface area contributed by atoms with E-state index in [0.717, 1.165) is 29.5 Å². The van der Waals surface area contributed by atoms with E-state index in [1.54, 1.807) is 25.2 Å². The molecule has 178 valence electrons. The van der Waals surface area contributed by atoms with Crippen molar-refractivity contribution in [3.8, 4) is 5.75 Å². The highest BCUT2D eigenvalue weighted by atomic mass is 16.4. The maximum absolute atomic E-state index is 12.8. The van der Waals surface area contributed by atoms with Crippen molar-refractivity contribution in [3.63, 3.8) is 0 Å². The number of benzene rings is 2. The van der Waals surface area contributed by atoms with Gasteiger partial charge in [0.2, 0.25) is 0 Å². The normalized spacial score (nSPS) is 23.2. The summed E-state index contributed by atoms with van der Waals surface area (Å²) in [5.74, 6) is -2.06. The number of carboxylic acid groups (broad SMARTS) is 1. The largest absolute Gasteiger partial charge is 0.507 e. The maximum atomic E-state index is 12.8. The standard InChI is InChI=1S/C26H29N3O5/c1-14-10-11-17(12-15(14)2)22-24(31)21(25(32)29(22)3)28-27-20-9-5-8-19(23(20)30)16-6-4-7-18(13-16)26(33)34/h5,8-12,16,18,22,30-31H,4,6-7,13H2,1-3H3,(H,33,34). The number of aromatic hydroxyl groups is 1. The summed E-state index contributed by atoms with van der Waals surface area (Å²) in [5.41, 5.74) is 3.57. The second kappa shape index (κ2) is 9.29. The van der Waals surface area contributed by atoms with Gasteiger partial charge in [0.25, 0.3) is 5.91 Å². The number of likely N-dealkylation sites (N-methyl/N-ethyl adjacent to an activating group) is 1. The molecule has 0 radical (unpaired) electrons. The van der Waals surface area contributed by atoms with E-state index in [-0.39, 0.29) is 28.8 Å². The third-order valence-corrected chi connectivity index (χ3v) is 7.03. The maximum Gasteiger partial charge on any atom is 0.306 e. The van der Waals surface area contributed by atoms with Crippen LogP contribution in [0.1, 0.15) is 59.9 Å². The molecule has 3 N–H and O–H groups in total. The number of carbonyl (C=O) groups is 2. The molecule has 2 aliphatic rings. The van der Waals surface area contributed by atoms with Crippen LogP contribution in [0, 0.1) is 19.8 Å². The second-order valence-corrected chi connectivity index (χ2v) is 9.21. The Morgan fingerprint density at radius 3 is 2.53 bits per heavy atom. The minimum atomic E-state index is -0.815. The molecule has 0 spiro atoms. The first-order valence-corrected chi connectivity index (χ1v) is 11.4. The number of hydrogen-bond donors (Lipinski definition) is 3. The van der Waals surface area contributed by atoms with Crippen molar-refractivity contribution in [1.29, 1.82) is 0 Å². The van der Waals surface area contributed by atoms with E-state index in [4.69, 9.17) is 0 Å². The average molecular weight is 464 g/mol. The summed E-state index contributed by atoms with van der Waals surface area (Å²) in [6, 6.07) is 10.2. The van der Waals surface area contributed by atoms with Crippen LogP contribution >= 0.6 is 0 Å². The predicted octanol–water partition coefficient (Wildman–Crippen LogP) is 5.43. The molecule has 1 saturated carbocycles. The first kappa shape index (κ1) is 23.5. The van der Waals surface area contributed by atoms with Gasteiger partial charge in [0.05, 0.1) is 5.92 Å². The van der Waals surface area contributed by atoms with Gasteiger partial charge in [-0.05, 0) is 67.3 Å². The summed E-state index contributed by atoms with van der Waals surface area (Å²) in [6.07, 6.45) is 2.65.